The predicted octanol–water partition coefficient (Wildman–Crippen LogP) is 1.90. The van der Waals surface area contributed by atoms with Gasteiger partial charge in [0.1, 0.15) is 6.61 Å². The van der Waals surface area contributed by atoms with E-state index in [1.54, 1.807) is 6.61 Å². The molecule has 1 fully saturated rings. The van der Waals surface area contributed by atoms with E-state index in [2.05, 4.69) is 0 Å². The van der Waals surface area contributed by atoms with Crippen LogP contribution in [0.3, 0.4) is 0 Å². The summed E-state index contributed by atoms with van der Waals surface area (Å²) in [6, 6.07) is 0. The highest BCUT2D eigenvalue weighted by Crippen LogP contribution is 2.26. The van der Waals surface area contributed by atoms with E-state index in [1.807, 2.05) is 0 Å². The van der Waals surface area contributed by atoms with Crippen LogP contribution < -0.4 is 0 Å². The maximum Gasteiger partial charge on any atom is 0.303 e. The Balaban J connectivity index is 2.07. The van der Waals surface area contributed by atoms with Crippen molar-refractivity contribution >= 4 is 5.97 Å². The minimum atomic E-state index is -0.202. The molecule has 0 atom stereocenters. The summed E-state index contributed by atoms with van der Waals surface area (Å²) in [5.41, 5.74) is 0. The summed E-state index contributed by atoms with van der Waals surface area (Å²) >= 11 is 0. The third-order valence-corrected chi connectivity index (χ3v) is 1.83. The summed E-state index contributed by atoms with van der Waals surface area (Å²) in [5, 5.41) is 0. The Morgan fingerprint density at radius 3 is 2.60 bits per heavy atom. The fourth-order valence-electron chi connectivity index (χ4n) is 1.29. The van der Waals surface area contributed by atoms with Gasteiger partial charge in [0.15, 0.2) is 0 Å². The van der Waals surface area contributed by atoms with Crippen LogP contribution in [0.1, 0.15) is 32.6 Å². The van der Waals surface area contributed by atoms with Crippen LogP contribution in [0.25, 0.3) is 0 Å². The third kappa shape index (κ3) is 2.38. The molecule has 0 aromatic rings. The molecule has 0 aromatic carbocycles. The van der Waals surface area contributed by atoms with Crippen LogP contribution in [-0.4, -0.2) is 5.97 Å². The molecular weight excluding hydrogens is 128 g/mol. The summed E-state index contributed by atoms with van der Waals surface area (Å²) in [5.74, 6) is 0.329. The van der Waals surface area contributed by atoms with Crippen molar-refractivity contribution in [3.05, 3.63) is 6.61 Å². The van der Waals surface area contributed by atoms with Gasteiger partial charge in [-0.3, -0.25) is 4.79 Å². The second-order valence-electron chi connectivity index (χ2n) is 2.79. The molecule has 1 radical (unpaired) electrons. The van der Waals surface area contributed by atoms with E-state index in [4.69, 9.17) is 4.74 Å². The van der Waals surface area contributed by atoms with Crippen LogP contribution in [0.5, 0.6) is 0 Å². The lowest BCUT2D eigenvalue weighted by Crippen LogP contribution is -2.02. The van der Waals surface area contributed by atoms with Crippen LogP contribution in [0.15, 0.2) is 0 Å². The van der Waals surface area contributed by atoms with E-state index in [9.17, 15) is 4.79 Å². The van der Waals surface area contributed by atoms with Gasteiger partial charge in [-0.2, -0.15) is 0 Å². The molecular formula is C8H13O2. The lowest BCUT2D eigenvalue weighted by molar-refractivity contribution is -0.138. The molecule has 57 valence electrons. The minimum absolute atomic E-state index is 0.202. The lowest BCUT2D eigenvalue weighted by atomic mass is 10.1. The van der Waals surface area contributed by atoms with E-state index in [0.29, 0.717) is 5.92 Å². The highest BCUT2D eigenvalue weighted by Gasteiger charge is 2.16. The summed E-state index contributed by atoms with van der Waals surface area (Å²) in [6.45, 7) is 3.13. The number of hydrogen-bond acceptors (Lipinski definition) is 2. The van der Waals surface area contributed by atoms with Crippen LogP contribution >= 0.6 is 0 Å². The van der Waals surface area contributed by atoms with Gasteiger partial charge in [-0.25, -0.2) is 0 Å². The predicted molar refractivity (Wildman–Crippen MR) is 38.0 cm³/mol. The molecule has 0 spiro atoms. The second kappa shape index (κ2) is 3.59. The number of rotatable bonds is 2. The third-order valence-electron chi connectivity index (χ3n) is 1.83. The number of carbonyl (C=O) groups excluding carboxylic acids is 1. The Labute approximate surface area is 61.6 Å². The lowest BCUT2D eigenvalue weighted by Gasteiger charge is -2.05. The zero-order valence-corrected chi connectivity index (χ0v) is 6.30. The van der Waals surface area contributed by atoms with E-state index < -0.39 is 0 Å². The molecule has 1 rings (SSSR count). The first-order valence-corrected chi connectivity index (χ1v) is 3.79. The highest BCUT2D eigenvalue weighted by molar-refractivity contribution is 5.66. The molecule has 0 saturated heterocycles. The van der Waals surface area contributed by atoms with Crippen LogP contribution in [-0.2, 0) is 9.53 Å². The molecule has 0 amide bonds. The SMILES string of the molecule is CC(=O)O[CH]C1CCCC1. The zero-order valence-electron chi connectivity index (χ0n) is 6.30. The average molecular weight is 141 g/mol. The Kier molecular flexibility index (Phi) is 2.72. The van der Waals surface area contributed by atoms with Gasteiger partial charge in [-0.05, 0) is 18.8 Å². The molecule has 0 heterocycles. The smallest absolute Gasteiger partial charge is 0.303 e. The summed E-state index contributed by atoms with van der Waals surface area (Å²) in [6.07, 6.45) is 4.94. The Bertz CT molecular complexity index is 114. The van der Waals surface area contributed by atoms with Gasteiger partial charge in [0.05, 0.1) is 0 Å². The van der Waals surface area contributed by atoms with Crippen LogP contribution in [0.2, 0.25) is 0 Å². The summed E-state index contributed by atoms with van der Waals surface area (Å²) in [7, 11) is 0. The Morgan fingerprint density at radius 1 is 1.50 bits per heavy atom. The molecule has 0 bridgehead atoms. The van der Waals surface area contributed by atoms with Gasteiger partial charge in [-0.1, -0.05) is 12.8 Å². The van der Waals surface area contributed by atoms with Crippen molar-refractivity contribution in [1.29, 1.82) is 0 Å². The van der Waals surface area contributed by atoms with Gasteiger partial charge in [0.2, 0.25) is 0 Å². The second-order valence-corrected chi connectivity index (χ2v) is 2.79. The van der Waals surface area contributed by atoms with Crippen molar-refractivity contribution in [1.82, 2.24) is 0 Å². The molecule has 2 heteroatoms. The largest absolute Gasteiger partial charge is 0.458 e. The highest BCUT2D eigenvalue weighted by atomic mass is 16.5. The maximum absolute atomic E-state index is 10.3. The van der Waals surface area contributed by atoms with Crippen molar-refractivity contribution in [2.75, 3.05) is 0 Å². The van der Waals surface area contributed by atoms with Gasteiger partial charge in [0, 0.05) is 6.92 Å². The molecule has 1 aliphatic rings. The standard InChI is InChI=1S/C8H13O2/c1-7(9)10-6-8-4-2-3-5-8/h6,8H,2-5H2,1H3. The van der Waals surface area contributed by atoms with Gasteiger partial charge in [-0.15, -0.1) is 0 Å². The van der Waals surface area contributed by atoms with Gasteiger partial charge in [0.25, 0.3) is 0 Å². The van der Waals surface area contributed by atoms with Crippen molar-refractivity contribution in [2.45, 2.75) is 32.6 Å². The molecule has 0 N–H and O–H groups in total. The number of hydrogen-bond donors (Lipinski definition) is 0. The quantitative estimate of drug-likeness (QED) is 0.549. The summed E-state index contributed by atoms with van der Waals surface area (Å²) < 4.78 is 4.76. The Morgan fingerprint density at radius 2 is 2.10 bits per heavy atom. The number of carbonyl (C=O) groups is 1. The monoisotopic (exact) mass is 141 g/mol. The van der Waals surface area contributed by atoms with Crippen LogP contribution in [0, 0.1) is 12.5 Å². The van der Waals surface area contributed by atoms with E-state index in [1.165, 1.54) is 32.6 Å². The number of esters is 1. The van der Waals surface area contributed by atoms with E-state index >= 15 is 0 Å². The Hall–Kier alpha value is -0.530. The normalized spacial score (nSPS) is 19.3. The minimum Gasteiger partial charge on any atom is -0.458 e. The fourth-order valence-corrected chi connectivity index (χ4v) is 1.29. The summed E-state index contributed by atoms with van der Waals surface area (Å²) in [4.78, 5) is 10.3. The molecule has 1 saturated carbocycles. The van der Waals surface area contributed by atoms with Crippen molar-refractivity contribution in [2.24, 2.45) is 5.92 Å². The zero-order chi connectivity index (χ0) is 7.40. The molecule has 0 aliphatic heterocycles. The van der Waals surface area contributed by atoms with Crippen LogP contribution in [0.4, 0.5) is 0 Å². The first kappa shape index (κ1) is 7.58. The van der Waals surface area contributed by atoms with Crippen molar-refractivity contribution < 1.29 is 9.53 Å². The van der Waals surface area contributed by atoms with E-state index in [-0.39, 0.29) is 5.97 Å². The number of ether oxygens (including phenoxy) is 1. The van der Waals surface area contributed by atoms with Crippen molar-refractivity contribution in [3.63, 3.8) is 0 Å². The fraction of sp³-hybridized carbons (Fsp3) is 0.750. The molecule has 1 aliphatic carbocycles. The molecule has 2 nitrogen and oxygen atoms in total. The van der Waals surface area contributed by atoms with Crippen molar-refractivity contribution in [3.8, 4) is 0 Å². The van der Waals surface area contributed by atoms with Gasteiger partial charge < -0.3 is 4.74 Å². The molecule has 0 unspecified atom stereocenters. The first-order valence-electron chi connectivity index (χ1n) is 3.79. The molecule has 10 heavy (non-hydrogen) atoms. The first-order chi connectivity index (χ1) is 4.79. The van der Waals surface area contributed by atoms with Gasteiger partial charge >= 0.3 is 5.97 Å². The molecule has 0 aromatic heterocycles. The maximum atomic E-state index is 10.3. The average Bonchev–Trinajstić information content (AvgIpc) is 2.34. The topological polar surface area (TPSA) is 26.3 Å². The van der Waals surface area contributed by atoms with E-state index in [0.717, 1.165) is 0 Å².